The van der Waals surface area contributed by atoms with Gasteiger partial charge in [0.15, 0.2) is 5.60 Å². The molecule has 0 radical (unpaired) electrons. The summed E-state index contributed by atoms with van der Waals surface area (Å²) in [4.78, 5) is 0. The van der Waals surface area contributed by atoms with Crippen LogP contribution < -0.4 is 0 Å². The number of nitrogens with zero attached hydrogens (tertiary/aromatic N) is 1. The van der Waals surface area contributed by atoms with Crippen LogP contribution in [0.4, 0.5) is 0 Å². The lowest BCUT2D eigenvalue weighted by Crippen LogP contribution is -2.55. The van der Waals surface area contributed by atoms with Crippen LogP contribution in [0.1, 0.15) is 78.1 Å². The molecule has 4 saturated carbocycles. The maximum atomic E-state index is 10.9. The molecule has 0 saturated heterocycles. The Balaban J connectivity index is 1.67. The Hall–Kier alpha value is -0.550. The molecule has 4 rings (SSSR count). The van der Waals surface area contributed by atoms with Crippen molar-refractivity contribution < 1.29 is 5.11 Å². The van der Waals surface area contributed by atoms with Crippen LogP contribution >= 0.6 is 0 Å². The second-order valence-electron chi connectivity index (χ2n) is 9.37. The Labute approximate surface area is 135 Å². The quantitative estimate of drug-likeness (QED) is 0.661. The first-order valence-corrected chi connectivity index (χ1v) is 9.58. The molecule has 122 valence electrons. The van der Waals surface area contributed by atoms with Gasteiger partial charge in [0.25, 0.3) is 0 Å². The second-order valence-corrected chi connectivity index (χ2v) is 9.37. The minimum absolute atomic E-state index is 0.152. The number of fused-ring (bicyclic) bond motifs is 5. The highest BCUT2D eigenvalue weighted by Gasteiger charge is 2.64. The Morgan fingerprint density at radius 1 is 0.909 bits per heavy atom. The highest BCUT2D eigenvalue weighted by atomic mass is 16.3. The van der Waals surface area contributed by atoms with E-state index in [1.807, 2.05) is 0 Å². The van der Waals surface area contributed by atoms with E-state index in [1.54, 1.807) is 0 Å². The maximum Gasteiger partial charge on any atom is 0.156 e. The molecule has 0 aromatic carbocycles. The standard InChI is InChI=1S/C20H31NO/c1-18-10-4-3-5-14(18)6-7-15-16(18)8-11-19(2)17(15)9-12-20(19,22)13-21/h14-17,22H,3-12H2,1-2H3/t14-,15-,16+,17+,18+,19+,20?/m1/s1. The lowest BCUT2D eigenvalue weighted by atomic mass is 9.44. The largest absolute Gasteiger partial charge is 0.375 e. The van der Waals surface area contributed by atoms with E-state index in [1.165, 1.54) is 44.9 Å². The molecule has 4 aliphatic carbocycles. The predicted molar refractivity (Wildman–Crippen MR) is 86.9 cm³/mol. The van der Waals surface area contributed by atoms with E-state index >= 15 is 0 Å². The molecule has 7 atom stereocenters. The van der Waals surface area contributed by atoms with E-state index in [0.29, 0.717) is 17.8 Å². The van der Waals surface area contributed by atoms with Gasteiger partial charge in [-0.3, -0.25) is 0 Å². The maximum absolute atomic E-state index is 10.9. The van der Waals surface area contributed by atoms with Gasteiger partial charge in [-0.25, -0.2) is 0 Å². The highest BCUT2D eigenvalue weighted by molar-refractivity contribution is 5.20. The molecule has 0 amide bonds. The molecule has 2 nitrogen and oxygen atoms in total. The van der Waals surface area contributed by atoms with Gasteiger partial charge in [0.1, 0.15) is 0 Å². The number of nitriles is 1. The molecule has 0 heterocycles. The monoisotopic (exact) mass is 301 g/mol. The number of hydrogen-bond acceptors (Lipinski definition) is 2. The fraction of sp³-hybridized carbons (Fsp3) is 0.950. The SMILES string of the molecule is C[C@]12CCCC[C@@H]1CC[C@@H]1[C@@H]2CC[C@@]2(C)[C@H]1CCC2(O)C#N. The average molecular weight is 301 g/mol. The number of aliphatic hydroxyl groups is 1. The van der Waals surface area contributed by atoms with Crippen molar-refractivity contribution >= 4 is 0 Å². The van der Waals surface area contributed by atoms with Crippen molar-refractivity contribution in [1.29, 1.82) is 5.26 Å². The normalized spacial score (nSPS) is 57.4. The fourth-order valence-corrected chi connectivity index (χ4v) is 7.49. The fourth-order valence-electron chi connectivity index (χ4n) is 7.49. The Morgan fingerprint density at radius 2 is 1.68 bits per heavy atom. The highest BCUT2D eigenvalue weighted by Crippen LogP contribution is 2.68. The average Bonchev–Trinajstić information content (AvgIpc) is 2.79. The molecule has 0 aliphatic heterocycles. The molecule has 4 fully saturated rings. The summed E-state index contributed by atoms with van der Waals surface area (Å²) in [6.07, 6.45) is 12.6. The Morgan fingerprint density at radius 3 is 2.45 bits per heavy atom. The summed E-state index contributed by atoms with van der Waals surface area (Å²) in [6, 6.07) is 2.30. The first kappa shape index (κ1) is 15.0. The summed E-state index contributed by atoms with van der Waals surface area (Å²) in [5.74, 6) is 3.14. The van der Waals surface area contributed by atoms with Gasteiger partial charge in [-0.15, -0.1) is 0 Å². The van der Waals surface area contributed by atoms with Crippen molar-refractivity contribution in [3.63, 3.8) is 0 Å². The van der Waals surface area contributed by atoms with Crippen molar-refractivity contribution in [2.45, 2.75) is 83.7 Å². The summed E-state index contributed by atoms with van der Waals surface area (Å²) in [6.45, 7) is 4.81. The summed E-state index contributed by atoms with van der Waals surface area (Å²) in [7, 11) is 0. The summed E-state index contributed by atoms with van der Waals surface area (Å²) < 4.78 is 0. The minimum atomic E-state index is -1.06. The molecular formula is C20H31NO. The van der Waals surface area contributed by atoms with Crippen LogP contribution in [-0.4, -0.2) is 10.7 Å². The molecule has 1 unspecified atom stereocenters. The Kier molecular flexibility index (Phi) is 3.22. The van der Waals surface area contributed by atoms with E-state index in [0.717, 1.165) is 30.6 Å². The third-order valence-electron chi connectivity index (χ3n) is 8.92. The van der Waals surface area contributed by atoms with E-state index in [4.69, 9.17) is 0 Å². The van der Waals surface area contributed by atoms with Crippen molar-refractivity contribution in [2.24, 2.45) is 34.5 Å². The van der Waals surface area contributed by atoms with Gasteiger partial charge < -0.3 is 5.11 Å². The van der Waals surface area contributed by atoms with Gasteiger partial charge in [-0.05, 0) is 80.5 Å². The molecule has 4 aliphatic rings. The molecular weight excluding hydrogens is 270 g/mol. The van der Waals surface area contributed by atoms with E-state index in [-0.39, 0.29) is 5.41 Å². The van der Waals surface area contributed by atoms with Crippen molar-refractivity contribution in [3.05, 3.63) is 0 Å². The zero-order chi connectivity index (χ0) is 15.6. The first-order valence-electron chi connectivity index (χ1n) is 9.58. The summed E-state index contributed by atoms with van der Waals surface area (Å²) >= 11 is 0. The van der Waals surface area contributed by atoms with Crippen LogP contribution in [0.15, 0.2) is 0 Å². The molecule has 0 spiro atoms. The number of hydrogen-bond donors (Lipinski definition) is 1. The lowest BCUT2D eigenvalue weighted by molar-refractivity contribution is -0.135. The third kappa shape index (κ3) is 1.70. The van der Waals surface area contributed by atoms with Crippen molar-refractivity contribution in [2.75, 3.05) is 0 Å². The van der Waals surface area contributed by atoms with Gasteiger partial charge in [0, 0.05) is 5.41 Å². The Bertz CT molecular complexity index is 510. The summed E-state index contributed by atoms with van der Waals surface area (Å²) in [5.41, 5.74) is -0.663. The zero-order valence-corrected chi connectivity index (χ0v) is 14.3. The van der Waals surface area contributed by atoms with Gasteiger partial charge in [0.05, 0.1) is 6.07 Å². The van der Waals surface area contributed by atoms with Crippen molar-refractivity contribution in [1.82, 2.24) is 0 Å². The van der Waals surface area contributed by atoms with Crippen LogP contribution in [0.3, 0.4) is 0 Å². The van der Waals surface area contributed by atoms with Gasteiger partial charge in [-0.1, -0.05) is 26.7 Å². The van der Waals surface area contributed by atoms with Crippen molar-refractivity contribution in [3.8, 4) is 6.07 Å². The molecule has 0 aromatic rings. The molecule has 0 bridgehead atoms. The van der Waals surface area contributed by atoms with Crippen LogP contribution in [0, 0.1) is 45.8 Å². The topological polar surface area (TPSA) is 44.0 Å². The third-order valence-corrected chi connectivity index (χ3v) is 8.92. The first-order chi connectivity index (χ1) is 10.4. The molecule has 2 heteroatoms. The van der Waals surface area contributed by atoms with Crippen LogP contribution in [0.25, 0.3) is 0 Å². The van der Waals surface area contributed by atoms with Crippen LogP contribution in [0.2, 0.25) is 0 Å². The van der Waals surface area contributed by atoms with Crippen LogP contribution in [0.5, 0.6) is 0 Å². The van der Waals surface area contributed by atoms with E-state index in [9.17, 15) is 10.4 Å². The zero-order valence-electron chi connectivity index (χ0n) is 14.3. The minimum Gasteiger partial charge on any atom is -0.375 e. The predicted octanol–water partition coefficient (Wildman–Crippen LogP) is 4.67. The van der Waals surface area contributed by atoms with Gasteiger partial charge >= 0.3 is 0 Å². The van der Waals surface area contributed by atoms with E-state index in [2.05, 4.69) is 19.9 Å². The summed E-state index contributed by atoms with van der Waals surface area (Å²) in [5, 5.41) is 20.4. The molecule has 22 heavy (non-hydrogen) atoms. The van der Waals surface area contributed by atoms with Gasteiger partial charge in [-0.2, -0.15) is 5.26 Å². The van der Waals surface area contributed by atoms with Gasteiger partial charge in [0.2, 0.25) is 0 Å². The lowest BCUT2D eigenvalue weighted by Gasteiger charge is -2.60. The number of rotatable bonds is 0. The van der Waals surface area contributed by atoms with Crippen LogP contribution in [-0.2, 0) is 0 Å². The smallest absolute Gasteiger partial charge is 0.156 e. The van der Waals surface area contributed by atoms with E-state index < -0.39 is 5.60 Å². The molecule has 0 aromatic heterocycles. The second kappa shape index (κ2) is 4.73. The molecule has 1 N–H and O–H groups in total.